The van der Waals surface area contributed by atoms with E-state index in [-0.39, 0.29) is 11.5 Å². The van der Waals surface area contributed by atoms with Gasteiger partial charge in [-0.05, 0) is 31.2 Å². The zero-order valence-corrected chi connectivity index (χ0v) is 16.0. The number of nitriles is 1. The largest absolute Gasteiger partial charge is 0.416 e. The molecule has 0 spiro atoms. The van der Waals surface area contributed by atoms with Crippen molar-refractivity contribution in [2.75, 3.05) is 0 Å². The fourth-order valence-electron chi connectivity index (χ4n) is 2.54. The third-order valence-electron chi connectivity index (χ3n) is 3.97. The van der Waals surface area contributed by atoms with Crippen LogP contribution in [0.2, 0.25) is 5.02 Å². The molecule has 0 saturated carbocycles. The van der Waals surface area contributed by atoms with Gasteiger partial charge in [0.2, 0.25) is 0 Å². The summed E-state index contributed by atoms with van der Waals surface area (Å²) in [5, 5.41) is 21.5. The highest BCUT2D eigenvalue weighted by atomic mass is 35.5. The molecule has 3 rings (SSSR count). The van der Waals surface area contributed by atoms with Gasteiger partial charge in [0.25, 0.3) is 0 Å². The van der Waals surface area contributed by atoms with Crippen LogP contribution >= 0.6 is 23.8 Å². The summed E-state index contributed by atoms with van der Waals surface area (Å²) >= 11 is 11.3. The molecule has 10 heteroatoms. The van der Waals surface area contributed by atoms with E-state index in [0.717, 1.165) is 12.1 Å². The molecule has 0 amide bonds. The first-order valence-electron chi connectivity index (χ1n) is 8.02. The monoisotopic (exact) mass is 423 g/mol. The second-order valence-electron chi connectivity index (χ2n) is 6.31. The van der Waals surface area contributed by atoms with Crippen LogP contribution in [0.15, 0.2) is 42.5 Å². The minimum atomic E-state index is -4.43. The fraction of sp³-hybridized carbons (Fsp3) is 0.222. The van der Waals surface area contributed by atoms with E-state index in [0.29, 0.717) is 21.6 Å². The molecule has 1 heterocycles. The quantitative estimate of drug-likeness (QED) is 0.632. The number of nitrogens with one attached hydrogen (secondary N) is 1. The van der Waals surface area contributed by atoms with E-state index in [4.69, 9.17) is 23.8 Å². The molecule has 1 atom stereocenters. The lowest BCUT2D eigenvalue weighted by molar-refractivity contribution is -0.137. The first-order valence-corrected chi connectivity index (χ1v) is 8.80. The number of thiocarbonyl (C=S) groups is 1. The molecule has 0 aliphatic rings. The van der Waals surface area contributed by atoms with Gasteiger partial charge in [-0.1, -0.05) is 42.0 Å². The molecule has 28 heavy (non-hydrogen) atoms. The molecule has 0 radical (unpaired) electrons. The number of fused-ring (bicyclic) bond motifs is 1. The van der Waals surface area contributed by atoms with Crippen molar-refractivity contribution in [1.29, 1.82) is 5.26 Å². The number of aromatic nitrogens is 3. The van der Waals surface area contributed by atoms with Crippen molar-refractivity contribution in [1.82, 2.24) is 20.3 Å². The van der Waals surface area contributed by atoms with E-state index in [9.17, 15) is 18.4 Å². The van der Waals surface area contributed by atoms with Crippen molar-refractivity contribution in [3.63, 3.8) is 0 Å². The topological polar surface area (TPSA) is 66.5 Å². The predicted molar refractivity (Wildman–Crippen MR) is 103 cm³/mol. The molecule has 3 aromatic rings. The first kappa shape index (κ1) is 20.0. The van der Waals surface area contributed by atoms with E-state index >= 15 is 0 Å². The van der Waals surface area contributed by atoms with Crippen LogP contribution in [0.4, 0.5) is 13.2 Å². The van der Waals surface area contributed by atoms with Crippen LogP contribution in [0.1, 0.15) is 18.1 Å². The SMILES string of the molecule is CC(C#N)(Cn1nc2cccc(Cl)c2n1)NC(=S)c1ccc(C(F)(F)F)cc1. The van der Waals surface area contributed by atoms with Crippen molar-refractivity contribution in [3.05, 3.63) is 58.6 Å². The number of rotatable bonds is 4. The summed E-state index contributed by atoms with van der Waals surface area (Å²) in [5.41, 5.74) is -0.508. The summed E-state index contributed by atoms with van der Waals surface area (Å²) in [7, 11) is 0. The Kier molecular flexibility index (Phi) is 5.28. The number of nitrogens with zero attached hydrogens (tertiary/aromatic N) is 4. The van der Waals surface area contributed by atoms with Crippen molar-refractivity contribution in [2.24, 2.45) is 0 Å². The van der Waals surface area contributed by atoms with Crippen LogP contribution in [0.25, 0.3) is 11.0 Å². The minimum absolute atomic E-state index is 0.0509. The first-order chi connectivity index (χ1) is 13.1. The Hall–Kier alpha value is -2.70. The van der Waals surface area contributed by atoms with E-state index in [2.05, 4.69) is 21.6 Å². The molecule has 1 aromatic heterocycles. The summed E-state index contributed by atoms with van der Waals surface area (Å²) in [6, 6.07) is 11.7. The van der Waals surface area contributed by atoms with Gasteiger partial charge in [-0.3, -0.25) is 0 Å². The Labute approximate surface area is 168 Å². The smallest absolute Gasteiger partial charge is 0.357 e. The third kappa shape index (κ3) is 4.24. The normalized spacial score (nSPS) is 13.7. The molecule has 0 bridgehead atoms. The number of alkyl halides is 3. The molecular weight excluding hydrogens is 411 g/mol. The molecule has 1 N–H and O–H groups in total. The van der Waals surface area contributed by atoms with E-state index < -0.39 is 17.3 Å². The van der Waals surface area contributed by atoms with Crippen molar-refractivity contribution in [3.8, 4) is 6.07 Å². The lowest BCUT2D eigenvalue weighted by Gasteiger charge is -2.24. The lowest BCUT2D eigenvalue weighted by Crippen LogP contribution is -2.48. The summed E-state index contributed by atoms with van der Waals surface area (Å²) in [6.07, 6.45) is -4.43. The summed E-state index contributed by atoms with van der Waals surface area (Å²) in [4.78, 5) is 1.48. The van der Waals surface area contributed by atoms with Gasteiger partial charge >= 0.3 is 6.18 Å². The molecule has 0 fully saturated rings. The predicted octanol–water partition coefficient (Wildman–Crippen LogP) is 4.35. The number of benzene rings is 2. The van der Waals surface area contributed by atoms with Gasteiger partial charge in [-0.15, -0.1) is 0 Å². The highest BCUT2D eigenvalue weighted by molar-refractivity contribution is 7.80. The minimum Gasteiger partial charge on any atom is -0.357 e. The molecule has 144 valence electrons. The van der Waals surface area contributed by atoms with E-state index in [1.54, 1.807) is 25.1 Å². The Morgan fingerprint density at radius 2 is 1.89 bits per heavy atom. The number of hydrogen-bond donors (Lipinski definition) is 1. The van der Waals surface area contributed by atoms with Gasteiger partial charge in [0.15, 0.2) is 0 Å². The standard InChI is InChI=1S/C18H13ClF3N5S/c1-17(9-23,10-27-25-14-4-2-3-13(19)15(14)26-27)24-16(28)11-5-7-12(8-6-11)18(20,21)22/h2-8H,10H2,1H3,(H,24,28). The van der Waals surface area contributed by atoms with Crippen molar-refractivity contribution in [2.45, 2.75) is 25.2 Å². The molecule has 5 nitrogen and oxygen atoms in total. The molecular formula is C18H13ClF3N5S. The average Bonchev–Trinajstić information content (AvgIpc) is 3.04. The zero-order valence-electron chi connectivity index (χ0n) is 14.5. The molecule has 0 saturated heterocycles. The molecule has 2 aromatic carbocycles. The maximum atomic E-state index is 12.7. The lowest BCUT2D eigenvalue weighted by atomic mass is 10.0. The van der Waals surface area contributed by atoms with E-state index in [1.807, 2.05) is 0 Å². The van der Waals surface area contributed by atoms with Crippen molar-refractivity contribution < 1.29 is 13.2 Å². The van der Waals surface area contributed by atoms with Gasteiger partial charge in [0.1, 0.15) is 21.6 Å². The van der Waals surface area contributed by atoms with Crippen LogP contribution in [0, 0.1) is 11.3 Å². The summed E-state index contributed by atoms with van der Waals surface area (Å²) in [5.74, 6) is 0. The highest BCUT2D eigenvalue weighted by Gasteiger charge is 2.31. The van der Waals surface area contributed by atoms with Gasteiger partial charge in [0, 0.05) is 5.56 Å². The summed E-state index contributed by atoms with van der Waals surface area (Å²) in [6.45, 7) is 1.65. The number of hydrogen-bond acceptors (Lipinski definition) is 4. The maximum absolute atomic E-state index is 12.7. The van der Waals surface area contributed by atoms with Gasteiger partial charge in [-0.25, -0.2) is 0 Å². The fourth-order valence-corrected chi connectivity index (χ4v) is 3.10. The summed E-state index contributed by atoms with van der Waals surface area (Å²) < 4.78 is 38.1. The molecule has 0 aliphatic heterocycles. The van der Waals surface area contributed by atoms with Gasteiger partial charge in [-0.2, -0.15) is 33.4 Å². The molecule has 0 aliphatic carbocycles. The van der Waals surface area contributed by atoms with Crippen LogP contribution in [0.3, 0.4) is 0 Å². The Morgan fingerprint density at radius 1 is 1.21 bits per heavy atom. The Bertz CT molecular complexity index is 1070. The van der Waals surface area contributed by atoms with E-state index in [1.165, 1.54) is 16.9 Å². The van der Waals surface area contributed by atoms with Crippen LogP contribution < -0.4 is 5.32 Å². The van der Waals surface area contributed by atoms with Gasteiger partial charge in [0.05, 0.1) is 23.2 Å². The van der Waals surface area contributed by atoms with Crippen LogP contribution in [0.5, 0.6) is 0 Å². The zero-order chi connectivity index (χ0) is 20.5. The highest BCUT2D eigenvalue weighted by Crippen LogP contribution is 2.29. The third-order valence-corrected chi connectivity index (χ3v) is 4.62. The van der Waals surface area contributed by atoms with Crippen molar-refractivity contribution >= 4 is 39.8 Å². The Balaban J connectivity index is 1.78. The second-order valence-corrected chi connectivity index (χ2v) is 7.13. The average molecular weight is 424 g/mol. The number of halogens is 4. The second kappa shape index (κ2) is 7.37. The van der Waals surface area contributed by atoms with Crippen LogP contribution in [-0.4, -0.2) is 25.5 Å². The molecule has 1 unspecified atom stereocenters. The van der Waals surface area contributed by atoms with Crippen LogP contribution in [-0.2, 0) is 12.7 Å². The Morgan fingerprint density at radius 3 is 2.46 bits per heavy atom. The maximum Gasteiger partial charge on any atom is 0.416 e. The van der Waals surface area contributed by atoms with Gasteiger partial charge < -0.3 is 5.32 Å².